The third kappa shape index (κ3) is 1.65. The van der Waals surface area contributed by atoms with E-state index in [1.165, 1.54) is 0 Å². The summed E-state index contributed by atoms with van der Waals surface area (Å²) in [4.78, 5) is 22.9. The van der Waals surface area contributed by atoms with Gasteiger partial charge in [0.1, 0.15) is 0 Å². The fraction of sp³-hybridized carbons (Fsp3) is 0.857. The van der Waals surface area contributed by atoms with E-state index in [0.717, 1.165) is 32.1 Å². The standard InChI is InChI=1S/C14H20O4/c1-2-17-11(15)3-5-13-7-14(8-13,9-13)10-4-6-18-12(10)16/h10H,2-9H2,1H3. The lowest BCUT2D eigenvalue weighted by Crippen LogP contribution is -2.65. The summed E-state index contributed by atoms with van der Waals surface area (Å²) < 4.78 is 10.0. The SMILES string of the molecule is CCOC(=O)CCC12CC(C3CCOC3=O)(C1)C2. The van der Waals surface area contributed by atoms with E-state index in [0.29, 0.717) is 25.0 Å². The summed E-state index contributed by atoms with van der Waals surface area (Å²) in [6.07, 6.45) is 5.68. The topological polar surface area (TPSA) is 52.6 Å². The van der Waals surface area contributed by atoms with Crippen LogP contribution in [0.25, 0.3) is 0 Å². The normalized spacial score (nSPS) is 40.7. The smallest absolute Gasteiger partial charge is 0.309 e. The maximum absolute atomic E-state index is 11.6. The Balaban J connectivity index is 1.48. The molecule has 4 heteroatoms. The second kappa shape index (κ2) is 3.97. The minimum absolute atomic E-state index is 0.00805. The first-order valence-corrected chi connectivity index (χ1v) is 6.91. The van der Waals surface area contributed by atoms with Gasteiger partial charge < -0.3 is 9.47 Å². The van der Waals surface area contributed by atoms with Crippen LogP contribution in [0.3, 0.4) is 0 Å². The molecule has 1 saturated heterocycles. The second-order valence-electron chi connectivity index (χ2n) is 6.21. The predicted molar refractivity (Wildman–Crippen MR) is 63.7 cm³/mol. The molecule has 0 amide bonds. The van der Waals surface area contributed by atoms with E-state index in [4.69, 9.17) is 9.47 Å². The van der Waals surface area contributed by atoms with Gasteiger partial charge in [-0.2, -0.15) is 0 Å². The predicted octanol–water partition coefficient (Wildman–Crippen LogP) is 2.06. The summed E-state index contributed by atoms with van der Waals surface area (Å²) in [7, 11) is 0. The van der Waals surface area contributed by atoms with Gasteiger partial charge in [-0.3, -0.25) is 9.59 Å². The van der Waals surface area contributed by atoms with Gasteiger partial charge in [0, 0.05) is 6.42 Å². The van der Waals surface area contributed by atoms with Gasteiger partial charge in [0.25, 0.3) is 0 Å². The second-order valence-corrected chi connectivity index (χ2v) is 6.21. The van der Waals surface area contributed by atoms with Crippen LogP contribution in [0.1, 0.15) is 45.4 Å². The molecule has 0 aromatic heterocycles. The van der Waals surface area contributed by atoms with Gasteiger partial charge in [-0.1, -0.05) is 0 Å². The molecule has 4 nitrogen and oxygen atoms in total. The van der Waals surface area contributed by atoms with Crippen LogP contribution in [0.15, 0.2) is 0 Å². The molecule has 2 bridgehead atoms. The molecule has 0 aromatic rings. The average molecular weight is 252 g/mol. The van der Waals surface area contributed by atoms with Crippen molar-refractivity contribution in [1.82, 2.24) is 0 Å². The van der Waals surface area contributed by atoms with Crippen LogP contribution in [-0.2, 0) is 19.1 Å². The third-order valence-electron chi connectivity index (χ3n) is 5.02. The monoisotopic (exact) mass is 252 g/mol. The molecule has 4 rings (SSSR count). The zero-order valence-electron chi connectivity index (χ0n) is 10.9. The molecule has 1 aliphatic heterocycles. The minimum atomic E-state index is -0.0865. The van der Waals surface area contributed by atoms with Crippen molar-refractivity contribution >= 4 is 11.9 Å². The number of carbonyl (C=O) groups is 2. The van der Waals surface area contributed by atoms with E-state index in [1.807, 2.05) is 6.92 Å². The minimum Gasteiger partial charge on any atom is -0.466 e. The highest BCUT2D eigenvalue weighted by Crippen LogP contribution is 2.78. The maximum atomic E-state index is 11.6. The quantitative estimate of drug-likeness (QED) is 0.703. The molecule has 3 saturated carbocycles. The van der Waals surface area contributed by atoms with Gasteiger partial charge in [-0.25, -0.2) is 0 Å². The van der Waals surface area contributed by atoms with Crippen molar-refractivity contribution in [2.75, 3.05) is 13.2 Å². The first-order chi connectivity index (χ1) is 8.59. The maximum Gasteiger partial charge on any atom is 0.309 e. The number of ether oxygens (including phenoxy) is 2. The van der Waals surface area contributed by atoms with Gasteiger partial charge >= 0.3 is 11.9 Å². The van der Waals surface area contributed by atoms with E-state index in [2.05, 4.69) is 0 Å². The Hall–Kier alpha value is -1.06. The van der Waals surface area contributed by atoms with E-state index >= 15 is 0 Å². The van der Waals surface area contributed by atoms with Crippen molar-refractivity contribution in [2.45, 2.75) is 45.4 Å². The van der Waals surface area contributed by atoms with Crippen LogP contribution in [0.2, 0.25) is 0 Å². The molecule has 3 aliphatic carbocycles. The van der Waals surface area contributed by atoms with Crippen molar-refractivity contribution in [3.63, 3.8) is 0 Å². The molecule has 0 radical (unpaired) electrons. The number of cyclic esters (lactones) is 1. The molecular weight excluding hydrogens is 232 g/mol. The lowest BCUT2D eigenvalue weighted by molar-refractivity contribution is -0.237. The van der Waals surface area contributed by atoms with Crippen LogP contribution < -0.4 is 0 Å². The van der Waals surface area contributed by atoms with Gasteiger partial charge in [-0.05, 0) is 49.9 Å². The summed E-state index contributed by atoms with van der Waals surface area (Å²) in [5, 5.41) is 0. The van der Waals surface area contributed by atoms with Crippen molar-refractivity contribution in [3.8, 4) is 0 Å². The van der Waals surface area contributed by atoms with Gasteiger partial charge in [0.05, 0.1) is 19.1 Å². The summed E-state index contributed by atoms with van der Waals surface area (Å²) in [5.41, 5.74) is 0.581. The lowest BCUT2D eigenvalue weighted by atomic mass is 9.31. The molecule has 1 unspecified atom stereocenters. The Morgan fingerprint density at radius 3 is 2.72 bits per heavy atom. The average Bonchev–Trinajstić information content (AvgIpc) is 2.62. The van der Waals surface area contributed by atoms with Crippen LogP contribution in [0.4, 0.5) is 0 Å². The van der Waals surface area contributed by atoms with Gasteiger partial charge in [0.2, 0.25) is 0 Å². The number of esters is 2. The fourth-order valence-corrected chi connectivity index (χ4v) is 4.37. The number of carbonyl (C=O) groups excluding carboxylic acids is 2. The van der Waals surface area contributed by atoms with Crippen molar-refractivity contribution < 1.29 is 19.1 Å². The Labute approximate surface area is 107 Å². The molecule has 100 valence electrons. The molecule has 1 heterocycles. The van der Waals surface area contributed by atoms with Crippen molar-refractivity contribution in [2.24, 2.45) is 16.7 Å². The van der Waals surface area contributed by atoms with Crippen LogP contribution in [0.5, 0.6) is 0 Å². The fourth-order valence-electron chi connectivity index (χ4n) is 4.37. The molecule has 0 N–H and O–H groups in total. The van der Waals surface area contributed by atoms with E-state index < -0.39 is 0 Å². The highest BCUT2D eigenvalue weighted by atomic mass is 16.5. The number of rotatable bonds is 5. The Bertz CT molecular complexity index is 367. The van der Waals surface area contributed by atoms with Crippen LogP contribution in [0, 0.1) is 16.7 Å². The number of hydrogen-bond donors (Lipinski definition) is 0. The first kappa shape index (κ1) is 12.0. The molecule has 1 atom stereocenters. The summed E-state index contributed by atoms with van der Waals surface area (Å²) in [6.45, 7) is 2.89. The number of hydrogen-bond acceptors (Lipinski definition) is 4. The molecule has 4 aliphatic rings. The Kier molecular flexibility index (Phi) is 2.65. The van der Waals surface area contributed by atoms with E-state index in [-0.39, 0.29) is 23.3 Å². The summed E-state index contributed by atoms with van der Waals surface area (Å²) in [5.74, 6) is 0.0622. The largest absolute Gasteiger partial charge is 0.466 e. The van der Waals surface area contributed by atoms with Crippen molar-refractivity contribution in [3.05, 3.63) is 0 Å². The Morgan fingerprint density at radius 1 is 1.44 bits per heavy atom. The zero-order chi connectivity index (χ0) is 12.8. The van der Waals surface area contributed by atoms with Crippen LogP contribution in [-0.4, -0.2) is 25.2 Å². The summed E-state index contributed by atoms with van der Waals surface area (Å²) >= 11 is 0. The summed E-state index contributed by atoms with van der Waals surface area (Å²) in [6, 6.07) is 0. The van der Waals surface area contributed by atoms with Gasteiger partial charge in [-0.15, -0.1) is 0 Å². The van der Waals surface area contributed by atoms with Crippen molar-refractivity contribution in [1.29, 1.82) is 0 Å². The molecule has 4 fully saturated rings. The van der Waals surface area contributed by atoms with Crippen LogP contribution >= 0.6 is 0 Å². The molecule has 0 aromatic carbocycles. The van der Waals surface area contributed by atoms with E-state index in [1.54, 1.807) is 0 Å². The molecule has 18 heavy (non-hydrogen) atoms. The highest BCUT2D eigenvalue weighted by Gasteiger charge is 2.71. The zero-order valence-corrected chi connectivity index (χ0v) is 10.9. The Morgan fingerprint density at radius 2 is 2.17 bits per heavy atom. The lowest BCUT2D eigenvalue weighted by Gasteiger charge is -2.73. The first-order valence-electron chi connectivity index (χ1n) is 6.91. The van der Waals surface area contributed by atoms with E-state index in [9.17, 15) is 9.59 Å². The third-order valence-corrected chi connectivity index (χ3v) is 5.02. The van der Waals surface area contributed by atoms with Gasteiger partial charge in [0.15, 0.2) is 0 Å². The molecular formula is C14H20O4. The molecule has 0 spiro atoms. The highest BCUT2D eigenvalue weighted by molar-refractivity contribution is 5.76.